The first kappa shape index (κ1) is 15.7. The molecule has 5 heteroatoms. The molecule has 1 amide bonds. The van der Waals surface area contributed by atoms with Gasteiger partial charge in [0.2, 0.25) is 5.91 Å². The van der Waals surface area contributed by atoms with E-state index in [1.54, 1.807) is 0 Å². The first-order valence-corrected chi connectivity index (χ1v) is 8.09. The summed E-state index contributed by atoms with van der Waals surface area (Å²) >= 11 is 0. The monoisotopic (exact) mass is 283 g/mol. The predicted octanol–water partition coefficient (Wildman–Crippen LogP) is 0.603. The molecule has 0 radical (unpaired) electrons. The first-order chi connectivity index (χ1) is 9.78. The molecule has 0 bridgehead atoms. The molecule has 0 aromatic carbocycles. The van der Waals surface area contributed by atoms with Crippen molar-refractivity contribution in [1.82, 2.24) is 15.5 Å². The van der Waals surface area contributed by atoms with Crippen LogP contribution in [0.15, 0.2) is 0 Å². The van der Waals surface area contributed by atoms with Crippen LogP contribution in [0.25, 0.3) is 0 Å². The molecule has 0 aliphatic carbocycles. The summed E-state index contributed by atoms with van der Waals surface area (Å²) in [5.41, 5.74) is 0. The van der Waals surface area contributed by atoms with Crippen LogP contribution < -0.4 is 10.6 Å². The molecule has 0 aromatic rings. The zero-order valence-electron chi connectivity index (χ0n) is 12.7. The lowest BCUT2D eigenvalue weighted by Gasteiger charge is -2.31. The summed E-state index contributed by atoms with van der Waals surface area (Å²) in [7, 11) is 0. The van der Waals surface area contributed by atoms with Crippen LogP contribution in [0.4, 0.5) is 0 Å². The number of amides is 1. The molecule has 0 unspecified atom stereocenters. The van der Waals surface area contributed by atoms with Gasteiger partial charge >= 0.3 is 0 Å². The van der Waals surface area contributed by atoms with Gasteiger partial charge in [0.1, 0.15) is 6.61 Å². The first-order valence-electron chi connectivity index (χ1n) is 8.09. The van der Waals surface area contributed by atoms with Crippen LogP contribution in [0.3, 0.4) is 0 Å². The Morgan fingerprint density at radius 3 is 2.60 bits per heavy atom. The van der Waals surface area contributed by atoms with Gasteiger partial charge in [-0.1, -0.05) is 6.92 Å². The van der Waals surface area contributed by atoms with Crippen LogP contribution in [0, 0.1) is 5.92 Å². The topological polar surface area (TPSA) is 53.6 Å². The molecule has 0 saturated carbocycles. The molecule has 2 aliphatic heterocycles. The quantitative estimate of drug-likeness (QED) is 0.750. The highest BCUT2D eigenvalue weighted by atomic mass is 16.5. The van der Waals surface area contributed by atoms with E-state index in [1.165, 1.54) is 25.9 Å². The normalized spacial score (nSPS) is 22.9. The van der Waals surface area contributed by atoms with Crippen molar-refractivity contribution in [3.05, 3.63) is 0 Å². The molecular formula is C15H29N3O2. The second-order valence-electron chi connectivity index (χ2n) is 5.94. The van der Waals surface area contributed by atoms with E-state index in [2.05, 4.69) is 22.5 Å². The number of piperidine rings is 2. The third-order valence-electron chi connectivity index (χ3n) is 4.48. The van der Waals surface area contributed by atoms with Crippen molar-refractivity contribution >= 4 is 5.91 Å². The smallest absolute Gasteiger partial charge is 0.246 e. The number of likely N-dealkylation sites (tertiary alicyclic amines) is 1. The highest BCUT2D eigenvalue weighted by molar-refractivity contribution is 5.77. The van der Waals surface area contributed by atoms with Crippen molar-refractivity contribution < 1.29 is 9.53 Å². The minimum absolute atomic E-state index is 0.0430. The van der Waals surface area contributed by atoms with Gasteiger partial charge in [-0.15, -0.1) is 0 Å². The van der Waals surface area contributed by atoms with Gasteiger partial charge in [0.05, 0.1) is 6.10 Å². The van der Waals surface area contributed by atoms with E-state index in [1.807, 2.05) is 0 Å². The summed E-state index contributed by atoms with van der Waals surface area (Å²) in [6.45, 7) is 8.73. The van der Waals surface area contributed by atoms with E-state index in [9.17, 15) is 4.79 Å². The van der Waals surface area contributed by atoms with E-state index in [0.717, 1.165) is 39.0 Å². The van der Waals surface area contributed by atoms with Gasteiger partial charge in [0.15, 0.2) is 0 Å². The van der Waals surface area contributed by atoms with Crippen LogP contribution in [-0.2, 0) is 9.53 Å². The van der Waals surface area contributed by atoms with Crippen LogP contribution in [0.5, 0.6) is 0 Å². The molecule has 2 N–H and O–H groups in total. The van der Waals surface area contributed by atoms with Crippen LogP contribution >= 0.6 is 0 Å². The third kappa shape index (κ3) is 5.38. The van der Waals surface area contributed by atoms with Crippen LogP contribution in [-0.4, -0.2) is 62.8 Å². The largest absolute Gasteiger partial charge is 0.368 e. The summed E-state index contributed by atoms with van der Waals surface area (Å²) in [6, 6.07) is 0. The zero-order valence-corrected chi connectivity index (χ0v) is 12.7. The zero-order chi connectivity index (χ0) is 14.2. The van der Waals surface area contributed by atoms with Gasteiger partial charge in [0, 0.05) is 6.54 Å². The maximum Gasteiger partial charge on any atom is 0.246 e. The Bertz CT molecular complexity index is 285. The summed E-state index contributed by atoms with van der Waals surface area (Å²) in [6.07, 6.45) is 4.69. The Morgan fingerprint density at radius 2 is 1.95 bits per heavy atom. The average molecular weight is 283 g/mol. The summed E-state index contributed by atoms with van der Waals surface area (Å²) in [5, 5.41) is 6.32. The van der Waals surface area contributed by atoms with Gasteiger partial charge in [-0.05, 0) is 64.3 Å². The lowest BCUT2D eigenvalue weighted by Crippen LogP contribution is -2.40. The predicted molar refractivity (Wildman–Crippen MR) is 79.7 cm³/mol. The number of rotatable bonds is 6. The van der Waals surface area contributed by atoms with Crippen LogP contribution in [0.2, 0.25) is 0 Å². The molecule has 0 spiro atoms. The van der Waals surface area contributed by atoms with Crippen molar-refractivity contribution in [3.8, 4) is 0 Å². The number of nitrogens with zero attached hydrogens (tertiary/aromatic N) is 1. The molecule has 2 heterocycles. The number of nitrogens with one attached hydrogen (secondary N) is 2. The van der Waals surface area contributed by atoms with Crippen molar-refractivity contribution in [1.29, 1.82) is 0 Å². The Kier molecular flexibility index (Phi) is 6.76. The molecule has 5 nitrogen and oxygen atoms in total. The fourth-order valence-electron chi connectivity index (χ4n) is 2.97. The van der Waals surface area contributed by atoms with E-state index in [0.29, 0.717) is 5.92 Å². The fourth-order valence-corrected chi connectivity index (χ4v) is 2.97. The van der Waals surface area contributed by atoms with Gasteiger partial charge in [-0.3, -0.25) is 4.79 Å². The molecule has 0 atom stereocenters. The van der Waals surface area contributed by atoms with Crippen molar-refractivity contribution in [2.75, 3.05) is 45.9 Å². The van der Waals surface area contributed by atoms with Crippen molar-refractivity contribution in [2.45, 2.75) is 38.7 Å². The van der Waals surface area contributed by atoms with Gasteiger partial charge in [-0.2, -0.15) is 0 Å². The Morgan fingerprint density at radius 1 is 1.25 bits per heavy atom. The van der Waals surface area contributed by atoms with E-state index < -0.39 is 0 Å². The molecule has 2 fully saturated rings. The average Bonchev–Trinajstić information content (AvgIpc) is 2.52. The molecule has 2 aliphatic rings. The Labute approximate surface area is 122 Å². The number of ether oxygens (including phenoxy) is 1. The Balaban J connectivity index is 1.53. The van der Waals surface area contributed by atoms with Gasteiger partial charge < -0.3 is 20.3 Å². The third-order valence-corrected chi connectivity index (χ3v) is 4.48. The molecule has 2 rings (SSSR count). The highest BCUT2D eigenvalue weighted by Crippen LogP contribution is 2.15. The summed E-state index contributed by atoms with van der Waals surface area (Å²) in [4.78, 5) is 14.3. The highest BCUT2D eigenvalue weighted by Gasteiger charge is 2.19. The molecule has 0 aromatic heterocycles. The number of hydrogen-bond acceptors (Lipinski definition) is 4. The van der Waals surface area contributed by atoms with Gasteiger partial charge in [0.25, 0.3) is 0 Å². The second kappa shape index (κ2) is 8.60. The standard InChI is InChI=1S/C15H29N3O2/c1-2-18-9-5-13(6-10-18)11-17-15(19)12-20-14-3-7-16-8-4-14/h13-14,16H,2-12H2,1H3,(H,17,19). The maximum absolute atomic E-state index is 11.8. The second-order valence-corrected chi connectivity index (χ2v) is 5.94. The number of carbonyl (C=O) groups excluding carboxylic acids is 1. The summed E-state index contributed by atoms with van der Waals surface area (Å²) < 4.78 is 5.66. The minimum atomic E-state index is 0.0430. The molecule has 20 heavy (non-hydrogen) atoms. The lowest BCUT2D eigenvalue weighted by molar-refractivity contribution is -0.128. The minimum Gasteiger partial charge on any atom is -0.368 e. The van der Waals surface area contributed by atoms with Crippen LogP contribution in [0.1, 0.15) is 32.6 Å². The SMILES string of the molecule is CCN1CCC(CNC(=O)COC2CCNCC2)CC1. The molecular weight excluding hydrogens is 254 g/mol. The lowest BCUT2D eigenvalue weighted by atomic mass is 9.97. The van der Waals surface area contributed by atoms with Crippen molar-refractivity contribution in [3.63, 3.8) is 0 Å². The Hall–Kier alpha value is -0.650. The van der Waals surface area contributed by atoms with Crippen molar-refractivity contribution in [2.24, 2.45) is 5.92 Å². The molecule has 2 saturated heterocycles. The molecule has 116 valence electrons. The maximum atomic E-state index is 11.8. The van der Waals surface area contributed by atoms with Gasteiger partial charge in [-0.25, -0.2) is 0 Å². The van der Waals surface area contributed by atoms with E-state index >= 15 is 0 Å². The fraction of sp³-hybridized carbons (Fsp3) is 0.933. The number of hydrogen-bond donors (Lipinski definition) is 2. The number of carbonyl (C=O) groups is 1. The summed E-state index contributed by atoms with van der Waals surface area (Å²) in [5.74, 6) is 0.682. The van der Waals surface area contributed by atoms with E-state index in [-0.39, 0.29) is 18.6 Å². The van der Waals surface area contributed by atoms with E-state index in [4.69, 9.17) is 4.74 Å².